The lowest BCUT2D eigenvalue weighted by molar-refractivity contribution is -0.116. The van der Waals surface area contributed by atoms with Crippen molar-refractivity contribution in [3.63, 3.8) is 0 Å². The van der Waals surface area contributed by atoms with Crippen molar-refractivity contribution in [3.8, 4) is 0 Å². The molecule has 1 aliphatic heterocycles. The number of hydrogen-bond acceptors (Lipinski definition) is 2. The van der Waals surface area contributed by atoms with E-state index in [4.69, 9.17) is 23.2 Å². The highest BCUT2D eigenvalue weighted by molar-refractivity contribution is 6.35. The van der Waals surface area contributed by atoms with Crippen molar-refractivity contribution in [3.05, 3.63) is 33.8 Å². The number of carbonyl (C=O) groups excluding carboxylic acids is 2. The molecule has 0 bridgehead atoms. The van der Waals surface area contributed by atoms with Crippen molar-refractivity contribution in [2.75, 3.05) is 13.1 Å². The van der Waals surface area contributed by atoms with Gasteiger partial charge in [0.25, 0.3) is 5.91 Å². The number of amides is 1. The second kappa shape index (κ2) is 4.44. The molecule has 0 aliphatic carbocycles. The van der Waals surface area contributed by atoms with Gasteiger partial charge < -0.3 is 4.90 Å². The quantitative estimate of drug-likeness (QED) is 0.775. The van der Waals surface area contributed by atoms with E-state index in [1.165, 1.54) is 11.0 Å². The summed E-state index contributed by atoms with van der Waals surface area (Å²) in [7, 11) is 0. The number of Topliss-reactive ketones (excluding diaryl/α,β-unsaturated/α-hetero) is 1. The zero-order valence-corrected chi connectivity index (χ0v) is 9.88. The Balaban J connectivity index is 2.27. The van der Waals surface area contributed by atoms with Crippen molar-refractivity contribution in [2.24, 2.45) is 0 Å². The van der Waals surface area contributed by atoms with Gasteiger partial charge in [0.2, 0.25) is 0 Å². The summed E-state index contributed by atoms with van der Waals surface area (Å²) in [5, 5.41) is 0.812. The van der Waals surface area contributed by atoms with E-state index in [-0.39, 0.29) is 18.2 Å². The van der Waals surface area contributed by atoms with Crippen LogP contribution >= 0.6 is 23.2 Å². The van der Waals surface area contributed by atoms with Crippen LogP contribution in [0.4, 0.5) is 0 Å². The van der Waals surface area contributed by atoms with Gasteiger partial charge in [-0.2, -0.15) is 0 Å². The molecule has 1 aromatic rings. The van der Waals surface area contributed by atoms with Crippen molar-refractivity contribution < 1.29 is 9.59 Å². The second-order valence-electron chi connectivity index (χ2n) is 3.64. The topological polar surface area (TPSA) is 37.4 Å². The standard InChI is InChI=1S/C11H9Cl2NO2/c12-7-1-2-10(13)9(5-7)11(16)14-4-3-8(15)6-14/h1-2,5H,3-4,6H2. The fourth-order valence-electron chi connectivity index (χ4n) is 1.64. The van der Waals surface area contributed by atoms with Crippen LogP contribution in [0, 0.1) is 0 Å². The molecule has 16 heavy (non-hydrogen) atoms. The molecular weight excluding hydrogens is 249 g/mol. The van der Waals surface area contributed by atoms with Gasteiger partial charge >= 0.3 is 0 Å². The fourth-order valence-corrected chi connectivity index (χ4v) is 2.01. The number of rotatable bonds is 1. The molecule has 84 valence electrons. The minimum absolute atomic E-state index is 0.0755. The molecule has 1 aromatic carbocycles. The molecule has 0 aromatic heterocycles. The Bertz CT molecular complexity index is 459. The SMILES string of the molecule is O=C1CCN(C(=O)c2cc(Cl)ccc2Cl)C1. The molecule has 0 spiro atoms. The van der Waals surface area contributed by atoms with Crippen LogP contribution < -0.4 is 0 Å². The summed E-state index contributed by atoms with van der Waals surface area (Å²) in [5.74, 6) is -0.162. The molecule has 0 unspecified atom stereocenters. The lowest BCUT2D eigenvalue weighted by Gasteiger charge is -2.15. The van der Waals surface area contributed by atoms with Crippen LogP contribution in [0.15, 0.2) is 18.2 Å². The molecule has 1 heterocycles. The molecule has 1 amide bonds. The first-order valence-electron chi connectivity index (χ1n) is 4.84. The van der Waals surface area contributed by atoms with Gasteiger partial charge in [-0.1, -0.05) is 23.2 Å². The summed E-state index contributed by atoms with van der Waals surface area (Å²) in [6.45, 7) is 0.627. The maximum Gasteiger partial charge on any atom is 0.255 e. The van der Waals surface area contributed by atoms with Gasteiger partial charge in [0.05, 0.1) is 17.1 Å². The average molecular weight is 258 g/mol. The van der Waals surface area contributed by atoms with Crippen LogP contribution in [-0.2, 0) is 4.79 Å². The van der Waals surface area contributed by atoms with Gasteiger partial charge in [-0.05, 0) is 18.2 Å². The third-order valence-electron chi connectivity index (χ3n) is 2.47. The number of likely N-dealkylation sites (tertiary alicyclic amines) is 1. The number of benzene rings is 1. The number of hydrogen-bond donors (Lipinski definition) is 0. The first-order chi connectivity index (χ1) is 7.58. The number of nitrogens with zero attached hydrogens (tertiary/aromatic N) is 1. The molecule has 0 saturated carbocycles. The highest BCUT2D eigenvalue weighted by atomic mass is 35.5. The van der Waals surface area contributed by atoms with Crippen LogP contribution in [0.1, 0.15) is 16.8 Å². The van der Waals surface area contributed by atoms with Crippen molar-refractivity contribution in [1.29, 1.82) is 0 Å². The Labute approximate surface area is 103 Å². The normalized spacial score (nSPS) is 15.6. The van der Waals surface area contributed by atoms with Gasteiger partial charge in [-0.15, -0.1) is 0 Å². The third kappa shape index (κ3) is 2.20. The minimum Gasteiger partial charge on any atom is -0.331 e. The van der Waals surface area contributed by atoms with E-state index in [1.54, 1.807) is 12.1 Å². The van der Waals surface area contributed by atoms with E-state index in [9.17, 15) is 9.59 Å². The van der Waals surface area contributed by atoms with Crippen molar-refractivity contribution >= 4 is 34.9 Å². The zero-order chi connectivity index (χ0) is 11.7. The van der Waals surface area contributed by atoms with E-state index in [0.717, 1.165) is 0 Å². The largest absolute Gasteiger partial charge is 0.331 e. The van der Waals surface area contributed by atoms with Gasteiger partial charge in [0.15, 0.2) is 5.78 Å². The summed E-state index contributed by atoms with van der Waals surface area (Å²) in [5.41, 5.74) is 0.351. The van der Waals surface area contributed by atoms with E-state index in [0.29, 0.717) is 28.6 Å². The van der Waals surface area contributed by atoms with E-state index < -0.39 is 0 Å². The molecule has 2 rings (SSSR count). The third-order valence-corrected chi connectivity index (χ3v) is 3.04. The number of ketones is 1. The van der Waals surface area contributed by atoms with Crippen molar-refractivity contribution in [1.82, 2.24) is 4.90 Å². The predicted molar refractivity (Wildman–Crippen MR) is 62.0 cm³/mol. The first-order valence-corrected chi connectivity index (χ1v) is 5.59. The predicted octanol–water partition coefficient (Wildman–Crippen LogP) is 2.41. The molecule has 1 aliphatic rings. The zero-order valence-electron chi connectivity index (χ0n) is 8.37. The maximum atomic E-state index is 12.0. The molecule has 0 N–H and O–H groups in total. The Morgan fingerprint density at radius 1 is 1.31 bits per heavy atom. The summed E-state index contributed by atoms with van der Waals surface area (Å²) in [6.07, 6.45) is 0.421. The fraction of sp³-hybridized carbons (Fsp3) is 0.273. The van der Waals surface area contributed by atoms with E-state index in [1.807, 2.05) is 0 Å². The van der Waals surface area contributed by atoms with Crippen LogP contribution in [0.3, 0.4) is 0 Å². The minimum atomic E-state index is -0.238. The summed E-state index contributed by atoms with van der Waals surface area (Å²) in [4.78, 5) is 24.6. The maximum absolute atomic E-state index is 12.0. The van der Waals surface area contributed by atoms with Crippen LogP contribution in [0.25, 0.3) is 0 Å². The Morgan fingerprint density at radius 2 is 2.06 bits per heavy atom. The van der Waals surface area contributed by atoms with Crippen molar-refractivity contribution in [2.45, 2.75) is 6.42 Å². The average Bonchev–Trinajstić information content (AvgIpc) is 2.67. The van der Waals surface area contributed by atoms with E-state index >= 15 is 0 Å². The van der Waals surface area contributed by atoms with Gasteiger partial charge in [-0.25, -0.2) is 0 Å². The number of carbonyl (C=O) groups is 2. The van der Waals surface area contributed by atoms with Gasteiger partial charge in [0.1, 0.15) is 0 Å². The molecule has 0 radical (unpaired) electrons. The Hall–Kier alpha value is -1.06. The van der Waals surface area contributed by atoms with Crippen LogP contribution in [0.5, 0.6) is 0 Å². The molecule has 0 atom stereocenters. The van der Waals surface area contributed by atoms with Crippen LogP contribution in [0.2, 0.25) is 10.0 Å². The van der Waals surface area contributed by atoms with Gasteiger partial charge in [-0.3, -0.25) is 9.59 Å². The van der Waals surface area contributed by atoms with Crippen LogP contribution in [-0.4, -0.2) is 29.7 Å². The summed E-state index contributed by atoms with van der Waals surface area (Å²) in [6, 6.07) is 4.72. The summed E-state index contributed by atoms with van der Waals surface area (Å²) < 4.78 is 0. The highest BCUT2D eigenvalue weighted by Gasteiger charge is 2.26. The molecule has 5 heteroatoms. The lowest BCUT2D eigenvalue weighted by atomic mass is 10.2. The smallest absolute Gasteiger partial charge is 0.255 e. The molecule has 1 saturated heterocycles. The monoisotopic (exact) mass is 257 g/mol. The molecule has 1 fully saturated rings. The van der Waals surface area contributed by atoms with E-state index in [2.05, 4.69) is 0 Å². The molecule has 3 nitrogen and oxygen atoms in total. The Kier molecular flexibility index (Phi) is 3.17. The molecular formula is C11H9Cl2NO2. The first kappa shape index (κ1) is 11.4. The van der Waals surface area contributed by atoms with Gasteiger partial charge in [0, 0.05) is 18.0 Å². The summed E-state index contributed by atoms with van der Waals surface area (Å²) >= 11 is 11.7. The lowest BCUT2D eigenvalue weighted by Crippen LogP contribution is -2.28. The Morgan fingerprint density at radius 3 is 2.69 bits per heavy atom. The number of halogens is 2. The highest BCUT2D eigenvalue weighted by Crippen LogP contribution is 2.23. The second-order valence-corrected chi connectivity index (χ2v) is 4.48.